The van der Waals surface area contributed by atoms with Crippen molar-refractivity contribution >= 4 is 28.4 Å². The van der Waals surface area contributed by atoms with Crippen molar-refractivity contribution in [1.82, 2.24) is 24.6 Å². The Kier molecular flexibility index (Phi) is 5.70. The minimum Gasteiger partial charge on any atom is -0.350 e. The summed E-state index contributed by atoms with van der Waals surface area (Å²) < 4.78 is 43.3. The van der Waals surface area contributed by atoms with E-state index in [-0.39, 0.29) is 23.3 Å². The highest BCUT2D eigenvalue weighted by molar-refractivity contribution is 6.05. The molecule has 4 heterocycles. The molecule has 0 atom stereocenters. The standard InChI is InChI=1S/C30H23F3N6O2/c31-19-6-7-26-21(14-19)30(16-38(26)29(41)27-34-17-39(36-27)20-4-2-1-3-5-20)8-10-37(11-9-30)28(40)25-13-18-12-22(32)23(33)15-24(18)35-25/h1-7,12-15,17,35H,8-11,16H2. The number of anilines is 1. The van der Waals surface area contributed by atoms with E-state index in [1.54, 1.807) is 15.9 Å². The summed E-state index contributed by atoms with van der Waals surface area (Å²) in [5.41, 5.74) is 2.10. The monoisotopic (exact) mass is 556 g/mol. The zero-order valence-corrected chi connectivity index (χ0v) is 21.7. The van der Waals surface area contributed by atoms with E-state index >= 15 is 0 Å². The van der Waals surface area contributed by atoms with Crippen LogP contribution < -0.4 is 4.90 Å². The minimum absolute atomic E-state index is 0.0282. The predicted octanol–water partition coefficient (Wildman–Crippen LogP) is 5.00. The largest absolute Gasteiger partial charge is 0.350 e. The van der Waals surface area contributed by atoms with Gasteiger partial charge in [0.05, 0.1) is 5.69 Å². The molecule has 1 saturated heterocycles. The number of nitrogens with one attached hydrogen (secondary N) is 1. The number of fused-ring (bicyclic) bond motifs is 3. The van der Waals surface area contributed by atoms with Crippen molar-refractivity contribution < 1.29 is 22.8 Å². The summed E-state index contributed by atoms with van der Waals surface area (Å²) in [7, 11) is 0. The number of carbonyl (C=O) groups is 2. The number of aromatic amines is 1. The van der Waals surface area contributed by atoms with Gasteiger partial charge < -0.3 is 14.8 Å². The van der Waals surface area contributed by atoms with Crippen molar-refractivity contribution in [2.24, 2.45) is 0 Å². The van der Waals surface area contributed by atoms with E-state index in [9.17, 15) is 22.8 Å². The van der Waals surface area contributed by atoms with E-state index in [2.05, 4.69) is 15.1 Å². The molecule has 2 amide bonds. The molecular formula is C30H23F3N6O2. The lowest BCUT2D eigenvalue weighted by molar-refractivity contribution is 0.0665. The number of likely N-dealkylation sites (tertiary alicyclic amines) is 1. The molecule has 0 radical (unpaired) electrons. The lowest BCUT2D eigenvalue weighted by Crippen LogP contribution is -2.48. The van der Waals surface area contributed by atoms with Gasteiger partial charge in [0.15, 0.2) is 11.6 Å². The quantitative estimate of drug-likeness (QED) is 0.339. The lowest BCUT2D eigenvalue weighted by atomic mass is 9.74. The number of rotatable bonds is 3. The number of nitrogens with zero attached hydrogens (tertiary/aromatic N) is 5. The van der Waals surface area contributed by atoms with E-state index in [4.69, 9.17) is 0 Å². The van der Waals surface area contributed by atoms with Gasteiger partial charge in [-0.25, -0.2) is 22.8 Å². The molecule has 0 aliphatic carbocycles. The number of halogens is 3. The molecule has 0 saturated carbocycles. The van der Waals surface area contributed by atoms with Gasteiger partial charge in [0.1, 0.15) is 17.8 Å². The van der Waals surface area contributed by atoms with E-state index in [1.807, 2.05) is 30.3 Å². The van der Waals surface area contributed by atoms with Crippen molar-refractivity contribution in [2.45, 2.75) is 18.3 Å². The van der Waals surface area contributed by atoms with E-state index in [0.29, 0.717) is 49.1 Å². The van der Waals surface area contributed by atoms with Crippen LogP contribution in [0.25, 0.3) is 16.6 Å². The first-order chi connectivity index (χ1) is 19.8. The number of para-hydroxylation sites is 1. The second-order valence-corrected chi connectivity index (χ2v) is 10.5. The molecule has 0 unspecified atom stereocenters. The zero-order valence-electron chi connectivity index (χ0n) is 21.7. The molecule has 41 heavy (non-hydrogen) atoms. The maximum atomic E-state index is 14.5. The van der Waals surface area contributed by atoms with E-state index < -0.39 is 22.9 Å². The Balaban J connectivity index is 1.13. The summed E-state index contributed by atoms with van der Waals surface area (Å²) >= 11 is 0. The number of carbonyl (C=O) groups excluding carboxylic acids is 2. The van der Waals surface area contributed by atoms with Gasteiger partial charge in [-0.3, -0.25) is 9.59 Å². The number of benzene rings is 3. The number of amides is 2. The van der Waals surface area contributed by atoms with Crippen molar-refractivity contribution in [3.8, 4) is 5.69 Å². The number of hydrogen-bond acceptors (Lipinski definition) is 4. The van der Waals surface area contributed by atoms with Crippen molar-refractivity contribution in [3.05, 3.63) is 108 Å². The fourth-order valence-corrected chi connectivity index (χ4v) is 5.99. The van der Waals surface area contributed by atoms with Gasteiger partial charge in [-0.05, 0) is 60.9 Å². The summed E-state index contributed by atoms with van der Waals surface area (Å²) in [5.74, 6) is -3.03. The third kappa shape index (κ3) is 4.16. The van der Waals surface area contributed by atoms with Crippen LogP contribution >= 0.6 is 0 Å². The molecule has 2 aliphatic heterocycles. The topological polar surface area (TPSA) is 87.1 Å². The SMILES string of the molecule is O=C(c1cc2cc(F)c(F)cc2[nH]1)N1CCC2(CC1)CN(C(=O)c1ncn(-c3ccccc3)n1)c1ccc(F)cc12. The summed E-state index contributed by atoms with van der Waals surface area (Å²) in [6, 6.07) is 17.3. The molecule has 1 fully saturated rings. The van der Waals surface area contributed by atoms with Gasteiger partial charge in [0, 0.05) is 47.7 Å². The number of hydrogen-bond donors (Lipinski definition) is 1. The van der Waals surface area contributed by atoms with Crippen molar-refractivity contribution in [3.63, 3.8) is 0 Å². The first-order valence-corrected chi connectivity index (χ1v) is 13.2. The van der Waals surface area contributed by atoms with Gasteiger partial charge in [-0.15, -0.1) is 5.10 Å². The molecule has 11 heteroatoms. The molecule has 2 aromatic heterocycles. The smallest absolute Gasteiger partial charge is 0.297 e. The first-order valence-electron chi connectivity index (χ1n) is 13.2. The number of piperidine rings is 1. The molecule has 206 valence electrons. The maximum absolute atomic E-state index is 14.5. The van der Waals surface area contributed by atoms with Gasteiger partial charge >= 0.3 is 0 Å². The van der Waals surface area contributed by atoms with Crippen LogP contribution in [0.5, 0.6) is 0 Å². The summed E-state index contributed by atoms with van der Waals surface area (Å²) in [6.07, 6.45) is 2.47. The van der Waals surface area contributed by atoms with Crippen LogP contribution in [0.1, 0.15) is 39.5 Å². The van der Waals surface area contributed by atoms with Crippen molar-refractivity contribution in [2.75, 3.05) is 24.5 Å². The Labute approximate surface area is 232 Å². The summed E-state index contributed by atoms with van der Waals surface area (Å²) in [5, 5.41) is 4.78. The summed E-state index contributed by atoms with van der Waals surface area (Å²) in [4.78, 5) is 37.3. The predicted molar refractivity (Wildman–Crippen MR) is 144 cm³/mol. The highest BCUT2D eigenvalue weighted by atomic mass is 19.2. The average Bonchev–Trinajstić information content (AvgIpc) is 3.71. The average molecular weight is 557 g/mol. The maximum Gasteiger partial charge on any atom is 0.297 e. The van der Waals surface area contributed by atoms with Gasteiger partial charge in [-0.2, -0.15) is 0 Å². The summed E-state index contributed by atoms with van der Waals surface area (Å²) in [6.45, 7) is 1.02. The minimum atomic E-state index is -0.994. The van der Waals surface area contributed by atoms with Gasteiger partial charge in [0.25, 0.3) is 11.8 Å². The molecular weight excluding hydrogens is 533 g/mol. The van der Waals surface area contributed by atoms with Crippen LogP contribution in [-0.4, -0.2) is 56.1 Å². The molecule has 5 aromatic rings. The third-order valence-corrected chi connectivity index (χ3v) is 8.13. The highest BCUT2D eigenvalue weighted by Crippen LogP contribution is 2.47. The molecule has 2 aliphatic rings. The normalized spacial score (nSPS) is 16.0. The molecule has 1 spiro atoms. The molecule has 7 rings (SSSR count). The first kappa shape index (κ1) is 25.1. The van der Waals surface area contributed by atoms with Crippen LogP contribution in [0, 0.1) is 17.5 Å². The Morgan fingerprint density at radius 1 is 0.878 bits per heavy atom. The highest BCUT2D eigenvalue weighted by Gasteiger charge is 2.48. The van der Waals surface area contributed by atoms with Crippen LogP contribution in [0.4, 0.5) is 18.9 Å². The van der Waals surface area contributed by atoms with Gasteiger partial charge in [-0.1, -0.05) is 18.2 Å². The molecule has 0 bridgehead atoms. The van der Waals surface area contributed by atoms with E-state index in [0.717, 1.165) is 23.4 Å². The molecule has 3 aromatic carbocycles. The fraction of sp³-hybridized carbons (Fsp3) is 0.200. The Morgan fingerprint density at radius 3 is 2.41 bits per heavy atom. The zero-order chi connectivity index (χ0) is 28.3. The Hall–Kier alpha value is -4.93. The second-order valence-electron chi connectivity index (χ2n) is 10.5. The van der Waals surface area contributed by atoms with Gasteiger partial charge in [0.2, 0.25) is 5.82 Å². The number of H-pyrrole nitrogens is 1. The molecule has 8 nitrogen and oxygen atoms in total. The van der Waals surface area contributed by atoms with Crippen molar-refractivity contribution in [1.29, 1.82) is 0 Å². The van der Waals surface area contributed by atoms with Crippen LogP contribution in [-0.2, 0) is 5.41 Å². The lowest BCUT2D eigenvalue weighted by Gasteiger charge is -2.39. The Morgan fingerprint density at radius 2 is 1.63 bits per heavy atom. The van der Waals surface area contributed by atoms with Crippen LogP contribution in [0.2, 0.25) is 0 Å². The van der Waals surface area contributed by atoms with Crippen LogP contribution in [0.15, 0.2) is 73.1 Å². The third-order valence-electron chi connectivity index (χ3n) is 8.13. The van der Waals surface area contributed by atoms with E-state index in [1.165, 1.54) is 29.2 Å². The fourth-order valence-electron chi connectivity index (χ4n) is 5.99. The van der Waals surface area contributed by atoms with Crippen LogP contribution in [0.3, 0.4) is 0 Å². The second kappa shape index (κ2) is 9.33. The number of aromatic nitrogens is 4. The Bertz CT molecular complexity index is 1790. The molecule has 1 N–H and O–H groups in total.